The first-order chi connectivity index (χ1) is 14.2. The van der Waals surface area contributed by atoms with E-state index in [2.05, 4.69) is 10.6 Å². The normalized spacial score (nSPS) is 16.9. The summed E-state index contributed by atoms with van der Waals surface area (Å²) in [6.07, 6.45) is 8.55. The number of methoxy groups -OCH3 is 2. The minimum Gasteiger partial charge on any atom is -0.496 e. The number of rotatable bonds is 7. The molecule has 2 fully saturated rings. The van der Waals surface area contributed by atoms with Crippen molar-refractivity contribution in [1.82, 2.24) is 9.97 Å². The number of hydrogen-bond donors (Lipinski definition) is 2. The summed E-state index contributed by atoms with van der Waals surface area (Å²) in [6.45, 7) is 0. The topological polar surface area (TPSA) is 85.4 Å². The van der Waals surface area contributed by atoms with Gasteiger partial charge in [-0.15, -0.1) is 0 Å². The van der Waals surface area contributed by atoms with E-state index < -0.39 is 5.97 Å². The number of benzene rings is 1. The molecular formula is C22H28N4O3. The van der Waals surface area contributed by atoms with Crippen LogP contribution >= 0.6 is 0 Å². The van der Waals surface area contributed by atoms with Crippen molar-refractivity contribution in [2.24, 2.45) is 0 Å². The van der Waals surface area contributed by atoms with Crippen molar-refractivity contribution >= 4 is 23.4 Å². The van der Waals surface area contributed by atoms with Gasteiger partial charge in [-0.1, -0.05) is 19.3 Å². The highest BCUT2D eigenvalue weighted by atomic mass is 16.5. The molecule has 29 heavy (non-hydrogen) atoms. The van der Waals surface area contributed by atoms with Crippen LogP contribution in [0, 0.1) is 0 Å². The highest BCUT2D eigenvalue weighted by Crippen LogP contribution is 2.40. The third-order valence-corrected chi connectivity index (χ3v) is 5.56. The molecule has 2 aliphatic carbocycles. The van der Waals surface area contributed by atoms with Crippen LogP contribution in [0.15, 0.2) is 24.3 Å². The van der Waals surface area contributed by atoms with Crippen molar-refractivity contribution < 1.29 is 14.3 Å². The van der Waals surface area contributed by atoms with Gasteiger partial charge in [0.1, 0.15) is 17.1 Å². The Hall–Kier alpha value is -2.83. The zero-order valence-electron chi connectivity index (χ0n) is 17.0. The molecule has 154 valence electrons. The van der Waals surface area contributed by atoms with Gasteiger partial charge in [0.15, 0.2) is 0 Å². The van der Waals surface area contributed by atoms with Gasteiger partial charge in [-0.25, -0.2) is 9.78 Å². The number of carbonyl (C=O) groups excluding carboxylic acids is 1. The number of hydrogen-bond acceptors (Lipinski definition) is 7. The summed E-state index contributed by atoms with van der Waals surface area (Å²) in [5.41, 5.74) is 2.26. The molecule has 0 aliphatic heterocycles. The summed E-state index contributed by atoms with van der Waals surface area (Å²) in [5, 5.41) is 6.88. The minimum atomic E-state index is -0.426. The fourth-order valence-corrected chi connectivity index (χ4v) is 3.81. The van der Waals surface area contributed by atoms with Crippen molar-refractivity contribution in [2.45, 2.75) is 56.9 Å². The fraction of sp³-hybridized carbons (Fsp3) is 0.500. The first-order valence-electron chi connectivity index (χ1n) is 10.3. The monoisotopic (exact) mass is 396 g/mol. The number of carbonyl (C=O) groups is 1. The molecule has 0 unspecified atom stereocenters. The molecule has 1 aromatic heterocycles. The Morgan fingerprint density at radius 1 is 1.03 bits per heavy atom. The lowest BCUT2D eigenvalue weighted by molar-refractivity contribution is 0.0597. The van der Waals surface area contributed by atoms with Crippen LogP contribution in [0.1, 0.15) is 66.9 Å². The third kappa shape index (κ3) is 4.78. The van der Waals surface area contributed by atoms with Crippen molar-refractivity contribution in [3.63, 3.8) is 0 Å². The Balaban J connectivity index is 1.56. The van der Waals surface area contributed by atoms with E-state index in [-0.39, 0.29) is 0 Å². The first-order valence-corrected chi connectivity index (χ1v) is 10.3. The zero-order valence-corrected chi connectivity index (χ0v) is 17.0. The third-order valence-electron chi connectivity index (χ3n) is 5.56. The Bertz CT molecular complexity index is 876. The van der Waals surface area contributed by atoms with E-state index in [1.807, 2.05) is 12.1 Å². The molecule has 0 bridgehead atoms. The number of aromatic nitrogens is 2. The van der Waals surface area contributed by atoms with E-state index in [1.165, 1.54) is 59.2 Å². The van der Waals surface area contributed by atoms with Gasteiger partial charge in [0.25, 0.3) is 0 Å². The van der Waals surface area contributed by atoms with E-state index in [9.17, 15) is 4.79 Å². The van der Waals surface area contributed by atoms with Crippen LogP contribution < -0.4 is 15.4 Å². The second-order valence-electron chi connectivity index (χ2n) is 7.79. The molecule has 4 rings (SSSR count). The van der Waals surface area contributed by atoms with Crippen LogP contribution in [0.25, 0.3) is 0 Å². The quantitative estimate of drug-likeness (QED) is 0.660. The van der Waals surface area contributed by atoms with E-state index >= 15 is 0 Å². The molecule has 0 radical (unpaired) electrons. The van der Waals surface area contributed by atoms with Gasteiger partial charge >= 0.3 is 5.97 Å². The predicted octanol–water partition coefficient (Wildman–Crippen LogP) is 4.64. The molecule has 0 atom stereocenters. The van der Waals surface area contributed by atoms with Crippen LogP contribution in [0.2, 0.25) is 0 Å². The van der Waals surface area contributed by atoms with E-state index in [1.54, 1.807) is 12.1 Å². The second-order valence-corrected chi connectivity index (χ2v) is 7.79. The molecule has 2 aromatic rings. The van der Waals surface area contributed by atoms with E-state index in [0.29, 0.717) is 29.2 Å². The van der Waals surface area contributed by atoms with Gasteiger partial charge in [-0.05, 0) is 37.8 Å². The molecule has 1 aromatic carbocycles. The van der Waals surface area contributed by atoms with Crippen LogP contribution in [0.3, 0.4) is 0 Å². The Morgan fingerprint density at radius 2 is 1.83 bits per heavy atom. The minimum absolute atomic E-state index is 0.390. The van der Waals surface area contributed by atoms with Crippen LogP contribution in [-0.2, 0) is 4.74 Å². The van der Waals surface area contributed by atoms with Crippen LogP contribution in [0.5, 0.6) is 5.75 Å². The molecule has 2 saturated carbocycles. The van der Waals surface area contributed by atoms with Gasteiger partial charge in [-0.3, -0.25) is 0 Å². The van der Waals surface area contributed by atoms with Crippen molar-refractivity contribution in [3.8, 4) is 5.75 Å². The van der Waals surface area contributed by atoms with Crippen molar-refractivity contribution in [2.75, 3.05) is 24.9 Å². The Kier molecular flexibility index (Phi) is 5.83. The summed E-state index contributed by atoms with van der Waals surface area (Å²) in [5.74, 6) is 2.00. The highest BCUT2D eigenvalue weighted by Gasteiger charge is 2.27. The smallest absolute Gasteiger partial charge is 0.341 e. The van der Waals surface area contributed by atoms with E-state index in [4.69, 9.17) is 19.4 Å². The lowest BCUT2D eigenvalue weighted by Crippen LogP contribution is -2.23. The van der Waals surface area contributed by atoms with Gasteiger partial charge in [-0.2, -0.15) is 4.98 Å². The lowest BCUT2D eigenvalue weighted by Gasteiger charge is -2.23. The molecule has 0 spiro atoms. The maximum atomic E-state index is 11.9. The SMILES string of the molecule is COC(=O)c1ccc(Nc2cc(C3CC3)nc(NC3CCCCC3)n2)cc1OC. The van der Waals surface area contributed by atoms with Gasteiger partial charge in [0.05, 0.1) is 19.9 Å². The fourth-order valence-electron chi connectivity index (χ4n) is 3.81. The summed E-state index contributed by atoms with van der Waals surface area (Å²) in [4.78, 5) is 21.3. The Labute approximate surface area is 171 Å². The lowest BCUT2D eigenvalue weighted by atomic mass is 9.96. The van der Waals surface area contributed by atoms with Crippen molar-refractivity contribution in [3.05, 3.63) is 35.5 Å². The van der Waals surface area contributed by atoms with Crippen LogP contribution in [0.4, 0.5) is 17.5 Å². The summed E-state index contributed by atoms with van der Waals surface area (Å²) >= 11 is 0. The molecule has 1 heterocycles. The average Bonchev–Trinajstić information content (AvgIpc) is 3.59. The number of nitrogens with one attached hydrogen (secondary N) is 2. The van der Waals surface area contributed by atoms with Gasteiger partial charge in [0.2, 0.25) is 5.95 Å². The van der Waals surface area contributed by atoms with Gasteiger partial charge in [0, 0.05) is 29.8 Å². The molecule has 0 saturated heterocycles. The van der Waals surface area contributed by atoms with E-state index in [0.717, 1.165) is 17.2 Å². The number of anilines is 3. The summed E-state index contributed by atoms with van der Waals surface area (Å²) < 4.78 is 10.2. The summed E-state index contributed by atoms with van der Waals surface area (Å²) in [7, 11) is 2.89. The Morgan fingerprint density at radius 3 is 2.52 bits per heavy atom. The second kappa shape index (κ2) is 8.68. The molecule has 2 N–H and O–H groups in total. The maximum absolute atomic E-state index is 11.9. The first kappa shape index (κ1) is 19.5. The molecule has 0 amide bonds. The summed E-state index contributed by atoms with van der Waals surface area (Å²) in [6, 6.07) is 7.76. The number of esters is 1. The zero-order chi connectivity index (χ0) is 20.2. The van der Waals surface area contributed by atoms with Gasteiger partial charge < -0.3 is 20.1 Å². The largest absolute Gasteiger partial charge is 0.496 e. The molecular weight excluding hydrogens is 368 g/mol. The number of nitrogens with zero attached hydrogens (tertiary/aromatic N) is 2. The average molecular weight is 396 g/mol. The number of ether oxygens (including phenoxy) is 2. The molecule has 7 heteroatoms. The maximum Gasteiger partial charge on any atom is 0.341 e. The van der Waals surface area contributed by atoms with Crippen LogP contribution in [-0.4, -0.2) is 36.2 Å². The molecule has 2 aliphatic rings. The highest BCUT2D eigenvalue weighted by molar-refractivity contribution is 5.93. The molecule has 7 nitrogen and oxygen atoms in total. The predicted molar refractivity (Wildman–Crippen MR) is 112 cm³/mol. The van der Waals surface area contributed by atoms with Crippen molar-refractivity contribution in [1.29, 1.82) is 0 Å². The standard InChI is InChI=1S/C22H28N4O3/c1-28-19-12-16(10-11-17(19)21(27)29-2)23-20-13-18(14-8-9-14)25-22(26-20)24-15-6-4-3-5-7-15/h10-15H,3-9H2,1-2H3,(H2,23,24,25,26).